The number of hydrogen-bond donors (Lipinski definition) is 2. The van der Waals surface area contributed by atoms with Crippen LogP contribution >= 0.6 is 0 Å². The van der Waals surface area contributed by atoms with Crippen LogP contribution in [0.4, 0.5) is 0 Å². The van der Waals surface area contributed by atoms with Gasteiger partial charge in [-0.3, -0.25) is 4.90 Å². The summed E-state index contributed by atoms with van der Waals surface area (Å²) >= 11 is 0. The minimum Gasteiger partial charge on any atom is -0.395 e. The van der Waals surface area contributed by atoms with E-state index in [1.54, 1.807) is 0 Å². The van der Waals surface area contributed by atoms with Crippen molar-refractivity contribution >= 4 is 0 Å². The van der Waals surface area contributed by atoms with Gasteiger partial charge < -0.3 is 10.8 Å². The van der Waals surface area contributed by atoms with E-state index < -0.39 is 0 Å². The van der Waals surface area contributed by atoms with Crippen LogP contribution in [0.15, 0.2) is 24.3 Å². The lowest BCUT2D eigenvalue weighted by Crippen LogP contribution is -2.36. The first kappa shape index (κ1) is 14.2. The molecule has 0 saturated heterocycles. The molecular formula is C14H24N2O. The SMILES string of the molecule is CCCN(CCO)C(CN)c1cccc(C)c1. The van der Waals surface area contributed by atoms with Gasteiger partial charge in [0.15, 0.2) is 0 Å². The van der Waals surface area contributed by atoms with Crippen LogP contribution in [0.3, 0.4) is 0 Å². The maximum Gasteiger partial charge on any atom is 0.0558 e. The third kappa shape index (κ3) is 4.11. The van der Waals surface area contributed by atoms with Crippen molar-refractivity contribution in [2.75, 3.05) is 26.2 Å². The number of aryl methyl sites for hydroxylation is 1. The Kier molecular flexibility index (Phi) is 6.19. The summed E-state index contributed by atoms with van der Waals surface area (Å²) in [5, 5.41) is 9.13. The van der Waals surface area contributed by atoms with E-state index in [0.717, 1.165) is 13.0 Å². The van der Waals surface area contributed by atoms with Gasteiger partial charge in [0.05, 0.1) is 6.61 Å². The van der Waals surface area contributed by atoms with E-state index >= 15 is 0 Å². The van der Waals surface area contributed by atoms with Gasteiger partial charge in [-0.25, -0.2) is 0 Å². The minimum absolute atomic E-state index is 0.183. The average molecular weight is 236 g/mol. The number of rotatable bonds is 7. The molecule has 3 nitrogen and oxygen atoms in total. The summed E-state index contributed by atoms with van der Waals surface area (Å²) in [5.41, 5.74) is 8.39. The lowest BCUT2D eigenvalue weighted by Gasteiger charge is -2.30. The number of benzene rings is 1. The van der Waals surface area contributed by atoms with Gasteiger partial charge >= 0.3 is 0 Å². The largest absolute Gasteiger partial charge is 0.395 e. The highest BCUT2D eigenvalue weighted by Crippen LogP contribution is 2.20. The van der Waals surface area contributed by atoms with Gasteiger partial charge in [-0.2, -0.15) is 0 Å². The molecule has 0 spiro atoms. The standard InChI is InChI=1S/C14H24N2O/c1-3-7-16(8-9-17)14(11-15)13-6-4-5-12(2)10-13/h4-6,10,14,17H,3,7-9,11,15H2,1-2H3. The van der Waals surface area contributed by atoms with Crippen LogP contribution in [-0.4, -0.2) is 36.2 Å². The second kappa shape index (κ2) is 7.43. The smallest absolute Gasteiger partial charge is 0.0558 e. The molecule has 0 heterocycles. The first-order chi connectivity index (χ1) is 8.22. The molecule has 1 aromatic rings. The van der Waals surface area contributed by atoms with Crippen LogP contribution in [0.25, 0.3) is 0 Å². The van der Waals surface area contributed by atoms with Crippen molar-refractivity contribution in [3.8, 4) is 0 Å². The van der Waals surface area contributed by atoms with E-state index in [-0.39, 0.29) is 12.6 Å². The van der Waals surface area contributed by atoms with Crippen molar-refractivity contribution < 1.29 is 5.11 Å². The van der Waals surface area contributed by atoms with Gasteiger partial charge in [0, 0.05) is 19.1 Å². The van der Waals surface area contributed by atoms with E-state index in [1.807, 2.05) is 0 Å². The summed E-state index contributed by atoms with van der Waals surface area (Å²) < 4.78 is 0. The van der Waals surface area contributed by atoms with Gasteiger partial charge in [-0.15, -0.1) is 0 Å². The Bertz CT molecular complexity index is 322. The summed E-state index contributed by atoms with van der Waals surface area (Å²) in [6, 6.07) is 8.66. The second-order valence-corrected chi connectivity index (χ2v) is 4.43. The van der Waals surface area contributed by atoms with Gasteiger partial charge in [0.25, 0.3) is 0 Å². The third-order valence-corrected chi connectivity index (χ3v) is 2.99. The fraction of sp³-hybridized carbons (Fsp3) is 0.571. The van der Waals surface area contributed by atoms with Crippen molar-refractivity contribution in [1.82, 2.24) is 4.90 Å². The molecule has 0 bridgehead atoms. The quantitative estimate of drug-likeness (QED) is 0.757. The Balaban J connectivity index is 2.87. The normalized spacial score (nSPS) is 13.0. The van der Waals surface area contributed by atoms with Crippen molar-refractivity contribution in [2.24, 2.45) is 5.73 Å². The fourth-order valence-corrected chi connectivity index (χ4v) is 2.21. The fourth-order valence-electron chi connectivity index (χ4n) is 2.21. The van der Waals surface area contributed by atoms with Gasteiger partial charge in [0.1, 0.15) is 0 Å². The number of nitrogens with two attached hydrogens (primary N) is 1. The molecule has 0 aliphatic carbocycles. The molecule has 1 atom stereocenters. The third-order valence-electron chi connectivity index (χ3n) is 2.99. The van der Waals surface area contributed by atoms with Crippen LogP contribution in [0.2, 0.25) is 0 Å². The van der Waals surface area contributed by atoms with E-state index in [2.05, 4.69) is 43.0 Å². The predicted octanol–water partition coefficient (Wildman–Crippen LogP) is 1.70. The van der Waals surface area contributed by atoms with Crippen LogP contribution in [0, 0.1) is 6.92 Å². The lowest BCUT2D eigenvalue weighted by molar-refractivity contribution is 0.153. The first-order valence-electron chi connectivity index (χ1n) is 6.34. The maximum atomic E-state index is 9.13. The predicted molar refractivity (Wildman–Crippen MR) is 71.9 cm³/mol. The van der Waals surface area contributed by atoms with Crippen molar-refractivity contribution in [3.63, 3.8) is 0 Å². The van der Waals surface area contributed by atoms with Crippen molar-refractivity contribution in [1.29, 1.82) is 0 Å². The highest BCUT2D eigenvalue weighted by Gasteiger charge is 2.17. The molecule has 3 heteroatoms. The number of hydrogen-bond acceptors (Lipinski definition) is 3. The van der Waals surface area contributed by atoms with Gasteiger partial charge in [-0.1, -0.05) is 36.8 Å². The van der Waals surface area contributed by atoms with E-state index in [0.29, 0.717) is 13.1 Å². The van der Waals surface area contributed by atoms with Crippen molar-refractivity contribution in [3.05, 3.63) is 35.4 Å². The zero-order chi connectivity index (χ0) is 12.7. The molecule has 3 N–H and O–H groups in total. The van der Waals surface area contributed by atoms with Crippen molar-refractivity contribution in [2.45, 2.75) is 26.3 Å². The number of aliphatic hydroxyl groups is 1. The molecular weight excluding hydrogens is 212 g/mol. The Morgan fingerprint density at radius 1 is 1.35 bits per heavy atom. The van der Waals surface area contributed by atoms with Crippen LogP contribution in [0.1, 0.15) is 30.5 Å². The minimum atomic E-state index is 0.183. The molecule has 96 valence electrons. The molecule has 0 aliphatic heterocycles. The zero-order valence-corrected chi connectivity index (χ0v) is 10.9. The summed E-state index contributed by atoms with van der Waals surface area (Å²) in [6.07, 6.45) is 1.07. The molecule has 0 fully saturated rings. The Morgan fingerprint density at radius 2 is 2.12 bits per heavy atom. The number of nitrogens with zero attached hydrogens (tertiary/aromatic N) is 1. The molecule has 17 heavy (non-hydrogen) atoms. The molecule has 0 saturated carbocycles. The topological polar surface area (TPSA) is 49.5 Å². The Morgan fingerprint density at radius 3 is 2.65 bits per heavy atom. The van der Waals surface area contributed by atoms with Gasteiger partial charge in [-0.05, 0) is 25.5 Å². The molecule has 0 aromatic heterocycles. The highest BCUT2D eigenvalue weighted by molar-refractivity contribution is 5.25. The summed E-state index contributed by atoms with van der Waals surface area (Å²) in [6.45, 7) is 6.66. The van der Waals surface area contributed by atoms with Crippen LogP contribution < -0.4 is 5.73 Å². The molecule has 1 rings (SSSR count). The number of aliphatic hydroxyl groups excluding tert-OH is 1. The van der Waals surface area contributed by atoms with E-state index in [1.165, 1.54) is 11.1 Å². The first-order valence-corrected chi connectivity index (χ1v) is 6.34. The zero-order valence-electron chi connectivity index (χ0n) is 10.9. The monoisotopic (exact) mass is 236 g/mol. The molecule has 0 amide bonds. The van der Waals surface area contributed by atoms with E-state index in [4.69, 9.17) is 10.8 Å². The summed E-state index contributed by atoms with van der Waals surface area (Å²) in [4.78, 5) is 2.26. The van der Waals surface area contributed by atoms with E-state index in [9.17, 15) is 0 Å². The maximum absolute atomic E-state index is 9.13. The average Bonchev–Trinajstić information content (AvgIpc) is 2.31. The second-order valence-electron chi connectivity index (χ2n) is 4.43. The summed E-state index contributed by atoms with van der Waals surface area (Å²) in [7, 11) is 0. The molecule has 1 aromatic carbocycles. The molecule has 0 radical (unpaired) electrons. The molecule has 1 unspecified atom stereocenters. The van der Waals surface area contributed by atoms with Gasteiger partial charge in [0.2, 0.25) is 0 Å². The summed E-state index contributed by atoms with van der Waals surface area (Å²) in [5.74, 6) is 0. The molecule has 0 aliphatic rings. The highest BCUT2D eigenvalue weighted by atomic mass is 16.3. The lowest BCUT2D eigenvalue weighted by atomic mass is 10.0. The van der Waals surface area contributed by atoms with Crippen LogP contribution in [0.5, 0.6) is 0 Å². The van der Waals surface area contributed by atoms with Crippen LogP contribution in [-0.2, 0) is 0 Å². The Labute approximate surface area is 104 Å². The Hall–Kier alpha value is -0.900.